The van der Waals surface area contributed by atoms with Crippen molar-refractivity contribution in [1.82, 2.24) is 15.5 Å². The number of amides is 1. The summed E-state index contributed by atoms with van der Waals surface area (Å²) in [4.78, 5) is 15.2. The molecular formula is C11H10F2N4O2. The third kappa shape index (κ3) is 2.51. The monoisotopic (exact) mass is 268 g/mol. The van der Waals surface area contributed by atoms with E-state index >= 15 is 0 Å². The second kappa shape index (κ2) is 5.01. The number of nitrogen functional groups attached to an aromatic ring is 1. The summed E-state index contributed by atoms with van der Waals surface area (Å²) in [6.45, 7) is 2.13. The molecule has 0 aliphatic heterocycles. The van der Waals surface area contributed by atoms with E-state index in [4.69, 9.17) is 10.3 Å². The Bertz CT molecular complexity index is 627. The number of rotatable bonds is 3. The van der Waals surface area contributed by atoms with Crippen molar-refractivity contribution in [2.24, 2.45) is 0 Å². The van der Waals surface area contributed by atoms with Gasteiger partial charge in [-0.2, -0.15) is 4.98 Å². The molecule has 1 amide bonds. The Kier molecular flexibility index (Phi) is 3.41. The molecule has 2 rings (SSSR count). The number of carbonyl (C=O) groups is 1. The maximum Gasteiger partial charge on any atom is 0.292 e. The lowest BCUT2D eigenvalue weighted by atomic mass is 10.1. The van der Waals surface area contributed by atoms with Crippen LogP contribution in [-0.4, -0.2) is 22.6 Å². The summed E-state index contributed by atoms with van der Waals surface area (Å²) in [6.07, 6.45) is 0. The molecule has 0 unspecified atom stereocenters. The molecule has 0 fully saturated rings. The van der Waals surface area contributed by atoms with Crippen LogP contribution in [0.1, 0.15) is 17.5 Å². The molecule has 0 aliphatic carbocycles. The molecule has 6 nitrogen and oxygen atoms in total. The van der Waals surface area contributed by atoms with Crippen LogP contribution in [0.25, 0.3) is 11.5 Å². The van der Waals surface area contributed by atoms with Gasteiger partial charge in [0.05, 0.1) is 5.56 Å². The molecule has 0 saturated heterocycles. The van der Waals surface area contributed by atoms with Crippen LogP contribution in [0.2, 0.25) is 0 Å². The highest BCUT2D eigenvalue weighted by Crippen LogP contribution is 2.26. The van der Waals surface area contributed by atoms with Crippen molar-refractivity contribution in [3.8, 4) is 11.5 Å². The third-order valence-electron chi connectivity index (χ3n) is 2.29. The molecule has 19 heavy (non-hydrogen) atoms. The van der Waals surface area contributed by atoms with Gasteiger partial charge < -0.3 is 15.6 Å². The van der Waals surface area contributed by atoms with Gasteiger partial charge in [-0.3, -0.25) is 4.79 Å². The first kappa shape index (κ1) is 12.9. The summed E-state index contributed by atoms with van der Waals surface area (Å²) >= 11 is 0. The van der Waals surface area contributed by atoms with E-state index in [9.17, 15) is 13.6 Å². The predicted octanol–water partition coefficient (Wildman–Crippen LogP) is 1.35. The molecular weight excluding hydrogens is 258 g/mol. The van der Waals surface area contributed by atoms with E-state index in [2.05, 4.69) is 15.5 Å². The number of carbonyl (C=O) groups excluding carboxylic acids is 1. The Balaban J connectivity index is 2.38. The molecule has 0 spiro atoms. The van der Waals surface area contributed by atoms with Crippen LogP contribution in [0.5, 0.6) is 0 Å². The van der Waals surface area contributed by atoms with Crippen molar-refractivity contribution < 1.29 is 18.1 Å². The van der Waals surface area contributed by atoms with Crippen molar-refractivity contribution >= 4 is 11.6 Å². The van der Waals surface area contributed by atoms with Gasteiger partial charge in [-0.1, -0.05) is 5.16 Å². The Morgan fingerprint density at radius 2 is 2.11 bits per heavy atom. The topological polar surface area (TPSA) is 94.0 Å². The Morgan fingerprint density at radius 1 is 1.42 bits per heavy atom. The summed E-state index contributed by atoms with van der Waals surface area (Å²) in [5, 5.41) is 5.91. The summed E-state index contributed by atoms with van der Waals surface area (Å²) in [5.74, 6) is -3.07. The second-order valence-corrected chi connectivity index (χ2v) is 3.64. The van der Waals surface area contributed by atoms with Crippen LogP contribution >= 0.6 is 0 Å². The minimum absolute atomic E-state index is 0.0296. The highest BCUT2D eigenvalue weighted by molar-refractivity contribution is 5.90. The fraction of sp³-hybridized carbons (Fsp3) is 0.182. The third-order valence-corrected chi connectivity index (χ3v) is 2.29. The normalized spacial score (nSPS) is 10.5. The summed E-state index contributed by atoms with van der Waals surface area (Å²) < 4.78 is 30.9. The molecule has 0 saturated carbocycles. The standard InChI is InChI=1S/C11H10F2N4O2/c1-2-15-10(18)9-16-11(19-17-9)5-3-6(12)7(13)4-8(5)14/h3-4H,2,14H2,1H3,(H,15,18). The van der Waals surface area contributed by atoms with Crippen molar-refractivity contribution in [3.63, 3.8) is 0 Å². The van der Waals surface area contributed by atoms with Gasteiger partial charge >= 0.3 is 0 Å². The molecule has 0 atom stereocenters. The average molecular weight is 268 g/mol. The van der Waals surface area contributed by atoms with Gasteiger partial charge in [-0.05, 0) is 13.0 Å². The first-order valence-corrected chi connectivity index (χ1v) is 5.39. The number of hydrogen-bond acceptors (Lipinski definition) is 5. The van der Waals surface area contributed by atoms with E-state index in [1.165, 1.54) is 0 Å². The zero-order valence-electron chi connectivity index (χ0n) is 9.91. The van der Waals surface area contributed by atoms with Crippen LogP contribution in [0, 0.1) is 11.6 Å². The van der Waals surface area contributed by atoms with E-state index in [0.29, 0.717) is 6.54 Å². The smallest absolute Gasteiger partial charge is 0.292 e. The first-order valence-electron chi connectivity index (χ1n) is 5.39. The highest BCUT2D eigenvalue weighted by Gasteiger charge is 2.18. The SMILES string of the molecule is CCNC(=O)c1noc(-c2cc(F)c(F)cc2N)n1. The van der Waals surface area contributed by atoms with Crippen molar-refractivity contribution in [3.05, 3.63) is 29.6 Å². The van der Waals surface area contributed by atoms with Gasteiger partial charge in [0.25, 0.3) is 17.6 Å². The summed E-state index contributed by atoms with van der Waals surface area (Å²) in [6, 6.07) is 1.64. The van der Waals surface area contributed by atoms with Crippen LogP contribution in [0.3, 0.4) is 0 Å². The van der Waals surface area contributed by atoms with E-state index in [-0.39, 0.29) is 23.0 Å². The number of nitrogens with zero attached hydrogens (tertiary/aromatic N) is 2. The zero-order valence-corrected chi connectivity index (χ0v) is 9.91. The maximum absolute atomic E-state index is 13.1. The lowest BCUT2D eigenvalue weighted by Gasteiger charge is -2.01. The first-order chi connectivity index (χ1) is 9.02. The predicted molar refractivity (Wildman–Crippen MR) is 62.1 cm³/mol. The summed E-state index contributed by atoms with van der Waals surface area (Å²) in [7, 11) is 0. The van der Waals surface area contributed by atoms with Gasteiger partial charge in [0.1, 0.15) is 0 Å². The van der Waals surface area contributed by atoms with Gasteiger partial charge in [0.15, 0.2) is 11.6 Å². The van der Waals surface area contributed by atoms with Crippen molar-refractivity contribution in [2.45, 2.75) is 6.92 Å². The number of nitrogens with two attached hydrogens (primary N) is 1. The quantitative estimate of drug-likeness (QED) is 0.819. The van der Waals surface area contributed by atoms with Crippen LogP contribution < -0.4 is 11.1 Å². The van der Waals surface area contributed by atoms with E-state index in [1.54, 1.807) is 6.92 Å². The number of benzene rings is 1. The number of anilines is 1. The lowest BCUT2D eigenvalue weighted by molar-refractivity contribution is 0.0942. The summed E-state index contributed by atoms with van der Waals surface area (Å²) in [5.41, 5.74) is 5.50. The molecule has 3 N–H and O–H groups in total. The molecule has 1 heterocycles. The molecule has 2 aromatic rings. The van der Waals surface area contributed by atoms with E-state index < -0.39 is 17.5 Å². The minimum Gasteiger partial charge on any atom is -0.398 e. The molecule has 0 bridgehead atoms. The Labute approximate surface area is 106 Å². The second-order valence-electron chi connectivity index (χ2n) is 3.64. The van der Waals surface area contributed by atoms with Gasteiger partial charge in [-0.25, -0.2) is 8.78 Å². The van der Waals surface area contributed by atoms with Gasteiger partial charge in [0.2, 0.25) is 0 Å². The molecule has 0 radical (unpaired) electrons. The van der Waals surface area contributed by atoms with Gasteiger partial charge in [0, 0.05) is 18.3 Å². The number of nitrogens with one attached hydrogen (secondary N) is 1. The average Bonchev–Trinajstić information content (AvgIpc) is 2.83. The fourth-order valence-corrected chi connectivity index (χ4v) is 1.41. The zero-order chi connectivity index (χ0) is 14.0. The molecule has 8 heteroatoms. The van der Waals surface area contributed by atoms with Gasteiger partial charge in [-0.15, -0.1) is 0 Å². The Hall–Kier alpha value is -2.51. The van der Waals surface area contributed by atoms with Crippen molar-refractivity contribution in [2.75, 3.05) is 12.3 Å². The molecule has 1 aromatic heterocycles. The Morgan fingerprint density at radius 3 is 2.79 bits per heavy atom. The number of aromatic nitrogens is 2. The molecule has 100 valence electrons. The van der Waals surface area contributed by atoms with Crippen LogP contribution in [-0.2, 0) is 0 Å². The lowest BCUT2D eigenvalue weighted by Crippen LogP contribution is -2.23. The van der Waals surface area contributed by atoms with Crippen molar-refractivity contribution in [1.29, 1.82) is 0 Å². The van der Waals surface area contributed by atoms with E-state index in [1.807, 2.05) is 0 Å². The minimum atomic E-state index is -1.10. The largest absolute Gasteiger partial charge is 0.398 e. The van der Waals surface area contributed by atoms with E-state index in [0.717, 1.165) is 12.1 Å². The number of halogens is 2. The molecule has 0 aliphatic rings. The maximum atomic E-state index is 13.1. The van der Waals surface area contributed by atoms with Crippen LogP contribution in [0.4, 0.5) is 14.5 Å². The fourth-order valence-electron chi connectivity index (χ4n) is 1.41. The highest BCUT2D eigenvalue weighted by atomic mass is 19.2. The number of hydrogen-bond donors (Lipinski definition) is 2. The van der Waals surface area contributed by atoms with Crippen LogP contribution in [0.15, 0.2) is 16.7 Å². The molecule has 1 aromatic carbocycles.